The third kappa shape index (κ3) is 3.91. The second-order valence-corrected chi connectivity index (χ2v) is 9.22. The largest absolute Gasteiger partial charge is 0.469 e. The minimum absolute atomic E-state index is 0.00615. The van der Waals surface area contributed by atoms with Gasteiger partial charge in [0.25, 0.3) is 0 Å². The first kappa shape index (κ1) is 21.7. The van der Waals surface area contributed by atoms with Gasteiger partial charge < -0.3 is 19.5 Å². The van der Waals surface area contributed by atoms with Crippen LogP contribution in [0.2, 0.25) is 0 Å². The summed E-state index contributed by atoms with van der Waals surface area (Å²) in [6.07, 6.45) is 1.37. The first-order valence-electron chi connectivity index (χ1n) is 10.6. The van der Waals surface area contributed by atoms with Crippen LogP contribution in [0.25, 0.3) is 11.0 Å². The maximum Gasteiger partial charge on any atom is 0.311 e. The molecule has 2 amide bonds. The number of amides is 2. The molecule has 4 rings (SSSR count). The van der Waals surface area contributed by atoms with Crippen LogP contribution >= 0.6 is 11.8 Å². The third-order valence-electron chi connectivity index (χ3n) is 6.60. The lowest BCUT2D eigenvalue weighted by Gasteiger charge is -2.46. The summed E-state index contributed by atoms with van der Waals surface area (Å²) in [5, 5.41) is 0.728. The van der Waals surface area contributed by atoms with Crippen LogP contribution in [0.15, 0.2) is 23.4 Å². The van der Waals surface area contributed by atoms with E-state index in [2.05, 4.69) is 9.97 Å². The topological polar surface area (TPSA) is 95.6 Å². The van der Waals surface area contributed by atoms with Crippen LogP contribution in [-0.2, 0) is 19.1 Å². The number of thioether (sulfide) groups is 1. The fourth-order valence-corrected chi connectivity index (χ4v) is 5.79. The number of nitrogens with zero attached hydrogens (tertiary/aromatic N) is 3. The number of aromatic amines is 1. The molecule has 1 spiro atoms. The summed E-state index contributed by atoms with van der Waals surface area (Å²) in [5.74, 6) is -0.468. The maximum atomic E-state index is 12.8. The van der Waals surface area contributed by atoms with E-state index in [-0.39, 0.29) is 24.2 Å². The summed E-state index contributed by atoms with van der Waals surface area (Å²) in [5.41, 5.74) is 2.47. The van der Waals surface area contributed by atoms with Crippen molar-refractivity contribution < 1.29 is 19.1 Å². The molecule has 1 aromatic heterocycles. The molecule has 2 fully saturated rings. The number of H-pyrrole nitrogens is 1. The van der Waals surface area contributed by atoms with E-state index in [1.165, 1.54) is 18.9 Å². The molecule has 0 bridgehead atoms. The minimum Gasteiger partial charge on any atom is -0.469 e. The van der Waals surface area contributed by atoms with Crippen molar-refractivity contribution in [2.75, 3.05) is 32.5 Å². The van der Waals surface area contributed by atoms with Gasteiger partial charge in [-0.1, -0.05) is 17.8 Å². The second kappa shape index (κ2) is 8.53. The molecule has 2 aliphatic heterocycles. The van der Waals surface area contributed by atoms with Crippen molar-refractivity contribution in [2.45, 2.75) is 43.8 Å². The second-order valence-electron chi connectivity index (χ2n) is 8.25. The zero-order valence-electron chi connectivity index (χ0n) is 18.1. The highest BCUT2D eigenvalue weighted by Gasteiger charge is 2.56. The number of piperidine rings is 1. The molecule has 166 valence electrons. The summed E-state index contributed by atoms with van der Waals surface area (Å²) >= 11 is 1.40. The summed E-state index contributed by atoms with van der Waals surface area (Å²) in [6.45, 7) is 5.57. The number of likely N-dealkylation sites (tertiary alicyclic amines) is 2. The van der Waals surface area contributed by atoms with E-state index < -0.39 is 11.5 Å². The number of imidazole rings is 1. The SMILES string of the molecule is CCN1C(=O)CC(C(=O)OC)C12CCN(C(=O)CSc1nc3ccc(C)cc3[nH]1)CC2. The lowest BCUT2D eigenvalue weighted by molar-refractivity contribution is -0.150. The lowest BCUT2D eigenvalue weighted by atomic mass is 9.76. The Kier molecular flexibility index (Phi) is 5.96. The average Bonchev–Trinajstić information content (AvgIpc) is 3.29. The van der Waals surface area contributed by atoms with Crippen molar-refractivity contribution in [3.05, 3.63) is 23.8 Å². The number of aryl methyl sites for hydroxylation is 1. The summed E-state index contributed by atoms with van der Waals surface area (Å²) in [7, 11) is 1.37. The highest BCUT2D eigenvalue weighted by molar-refractivity contribution is 7.99. The van der Waals surface area contributed by atoms with Gasteiger partial charge >= 0.3 is 5.97 Å². The van der Waals surface area contributed by atoms with Gasteiger partial charge in [0.1, 0.15) is 0 Å². The van der Waals surface area contributed by atoms with Gasteiger partial charge in [-0.05, 0) is 44.4 Å². The van der Waals surface area contributed by atoms with Gasteiger partial charge in [-0.3, -0.25) is 14.4 Å². The van der Waals surface area contributed by atoms with Gasteiger partial charge in [-0.25, -0.2) is 4.98 Å². The average molecular weight is 445 g/mol. The van der Waals surface area contributed by atoms with Crippen molar-refractivity contribution in [3.63, 3.8) is 0 Å². The Labute approximate surface area is 185 Å². The third-order valence-corrected chi connectivity index (χ3v) is 7.46. The Morgan fingerprint density at radius 3 is 2.74 bits per heavy atom. The number of hydrogen-bond acceptors (Lipinski definition) is 6. The molecule has 1 unspecified atom stereocenters. The molecular formula is C22H28N4O4S. The molecule has 31 heavy (non-hydrogen) atoms. The molecule has 3 heterocycles. The summed E-state index contributed by atoms with van der Waals surface area (Å²) in [4.78, 5) is 49.1. The van der Waals surface area contributed by atoms with Crippen LogP contribution < -0.4 is 0 Å². The monoisotopic (exact) mass is 444 g/mol. The molecule has 2 saturated heterocycles. The summed E-state index contributed by atoms with van der Waals surface area (Å²) < 4.78 is 4.98. The van der Waals surface area contributed by atoms with E-state index in [9.17, 15) is 14.4 Å². The van der Waals surface area contributed by atoms with Crippen LogP contribution in [-0.4, -0.2) is 75.6 Å². The number of rotatable bonds is 5. The van der Waals surface area contributed by atoms with Gasteiger partial charge in [-0.2, -0.15) is 0 Å². The van der Waals surface area contributed by atoms with Gasteiger partial charge in [0.05, 0.1) is 35.4 Å². The van der Waals surface area contributed by atoms with Crippen LogP contribution in [0.3, 0.4) is 0 Å². The molecule has 2 aromatic rings. The number of carbonyl (C=O) groups excluding carboxylic acids is 3. The van der Waals surface area contributed by atoms with Crippen molar-refractivity contribution in [3.8, 4) is 0 Å². The molecule has 0 aliphatic carbocycles. The smallest absolute Gasteiger partial charge is 0.311 e. The van der Waals surface area contributed by atoms with Gasteiger partial charge in [0.15, 0.2) is 5.16 Å². The number of aromatic nitrogens is 2. The molecule has 0 saturated carbocycles. The number of esters is 1. The van der Waals surface area contributed by atoms with E-state index in [1.807, 2.05) is 41.8 Å². The van der Waals surface area contributed by atoms with Crippen LogP contribution in [0.5, 0.6) is 0 Å². The van der Waals surface area contributed by atoms with Gasteiger partial charge in [0.2, 0.25) is 11.8 Å². The van der Waals surface area contributed by atoms with E-state index >= 15 is 0 Å². The molecule has 0 radical (unpaired) electrons. The molecule has 8 nitrogen and oxygen atoms in total. The summed E-state index contributed by atoms with van der Waals surface area (Å²) in [6, 6.07) is 6.02. The number of ether oxygens (including phenoxy) is 1. The van der Waals surface area contributed by atoms with Crippen LogP contribution in [0.4, 0.5) is 0 Å². The molecule has 1 N–H and O–H groups in total. The quantitative estimate of drug-likeness (QED) is 0.562. The molecule has 2 aliphatic rings. The highest BCUT2D eigenvalue weighted by Crippen LogP contribution is 2.44. The minimum atomic E-state index is -0.542. The number of carbonyl (C=O) groups is 3. The lowest BCUT2D eigenvalue weighted by Crippen LogP contribution is -2.58. The van der Waals surface area contributed by atoms with Gasteiger partial charge in [-0.15, -0.1) is 0 Å². The normalized spacial score (nSPS) is 20.6. The first-order valence-corrected chi connectivity index (χ1v) is 11.6. The fraction of sp³-hybridized carbons (Fsp3) is 0.545. The standard InChI is InChI=1S/C22H28N4O4S/c1-4-26-18(27)12-15(20(29)30-3)22(26)7-9-25(10-8-22)19(28)13-31-21-23-16-6-5-14(2)11-17(16)24-21/h5-6,11,15H,4,7-10,12-13H2,1-3H3,(H,23,24). The molecule has 1 atom stereocenters. The predicted molar refractivity (Wildman–Crippen MR) is 118 cm³/mol. The number of methoxy groups -OCH3 is 1. The fourth-order valence-electron chi connectivity index (χ4n) is 5.00. The Morgan fingerprint density at radius 1 is 1.32 bits per heavy atom. The van der Waals surface area contributed by atoms with E-state index in [0.717, 1.165) is 21.8 Å². The molecule has 9 heteroatoms. The number of benzene rings is 1. The van der Waals surface area contributed by atoms with Crippen molar-refractivity contribution in [1.82, 2.24) is 19.8 Å². The van der Waals surface area contributed by atoms with Crippen LogP contribution in [0.1, 0.15) is 31.7 Å². The zero-order chi connectivity index (χ0) is 22.2. The Bertz CT molecular complexity index is 1010. The Balaban J connectivity index is 1.39. The first-order chi connectivity index (χ1) is 14.9. The highest BCUT2D eigenvalue weighted by atomic mass is 32.2. The van der Waals surface area contributed by atoms with Crippen molar-refractivity contribution in [1.29, 1.82) is 0 Å². The number of fused-ring (bicyclic) bond motifs is 1. The predicted octanol–water partition coefficient (Wildman–Crippen LogP) is 2.37. The number of nitrogens with one attached hydrogen (secondary N) is 1. The molecule has 1 aromatic carbocycles. The Hall–Kier alpha value is -2.55. The van der Waals surface area contributed by atoms with Gasteiger partial charge in [0, 0.05) is 26.1 Å². The van der Waals surface area contributed by atoms with Crippen molar-refractivity contribution in [2.24, 2.45) is 5.92 Å². The van der Waals surface area contributed by atoms with Crippen LogP contribution in [0, 0.1) is 12.8 Å². The van der Waals surface area contributed by atoms with E-state index in [1.54, 1.807) is 0 Å². The van der Waals surface area contributed by atoms with Crippen molar-refractivity contribution >= 4 is 40.6 Å². The molecular weight excluding hydrogens is 416 g/mol. The van der Waals surface area contributed by atoms with E-state index in [4.69, 9.17) is 4.74 Å². The zero-order valence-corrected chi connectivity index (χ0v) is 19.0. The maximum absolute atomic E-state index is 12.8. The Morgan fingerprint density at radius 2 is 2.06 bits per heavy atom. The van der Waals surface area contributed by atoms with E-state index in [0.29, 0.717) is 38.2 Å². The number of hydrogen-bond donors (Lipinski definition) is 1.